The second-order valence-corrected chi connectivity index (χ2v) is 10.5. The Morgan fingerprint density at radius 3 is 2.80 bits per heavy atom. The molecule has 30 heavy (non-hydrogen) atoms. The number of rotatable bonds is 4. The van der Waals surface area contributed by atoms with Gasteiger partial charge in [0.05, 0.1) is 30.2 Å². The molecular formula is C23H36ClFN4O. The number of furan rings is 1. The number of fused-ring (bicyclic) bond motifs is 1. The van der Waals surface area contributed by atoms with Gasteiger partial charge < -0.3 is 9.73 Å². The molecule has 0 aromatic carbocycles. The highest BCUT2D eigenvalue weighted by Crippen LogP contribution is 2.40. The highest BCUT2D eigenvalue weighted by Gasteiger charge is 2.44. The van der Waals surface area contributed by atoms with Crippen molar-refractivity contribution in [3.8, 4) is 0 Å². The van der Waals surface area contributed by atoms with Crippen molar-refractivity contribution < 1.29 is 8.81 Å². The Morgan fingerprint density at radius 2 is 2.03 bits per heavy atom. The van der Waals surface area contributed by atoms with Gasteiger partial charge in [-0.05, 0) is 81.4 Å². The number of piperidine rings is 1. The van der Waals surface area contributed by atoms with Gasteiger partial charge in [0.25, 0.3) is 0 Å². The standard InChI is InChI=1S/C23H36ClFN4O/c24-19-11-17(4-5-20(19)25)27-23-18-10-14(16-7-9-30-13-16)3-6-21(18)28-22(29-23)15-2-1-8-26-12-15/h7,9,13-15,17-23,26-29H,1-6,8,10-12H2. The van der Waals surface area contributed by atoms with Crippen molar-refractivity contribution in [3.63, 3.8) is 0 Å². The van der Waals surface area contributed by atoms with Crippen LogP contribution in [0.1, 0.15) is 62.8 Å². The van der Waals surface area contributed by atoms with Crippen molar-refractivity contribution in [2.45, 2.75) is 93.2 Å². The third-order valence-corrected chi connectivity index (χ3v) is 8.46. The molecule has 4 aliphatic rings. The highest BCUT2D eigenvalue weighted by molar-refractivity contribution is 6.21. The Kier molecular flexibility index (Phi) is 6.68. The Balaban J connectivity index is 1.31. The second kappa shape index (κ2) is 9.45. The summed E-state index contributed by atoms with van der Waals surface area (Å²) < 4.78 is 19.3. The zero-order chi connectivity index (χ0) is 20.5. The van der Waals surface area contributed by atoms with Crippen LogP contribution in [-0.4, -0.2) is 49.1 Å². The monoisotopic (exact) mass is 438 g/mol. The van der Waals surface area contributed by atoms with Crippen LogP contribution >= 0.6 is 11.6 Å². The van der Waals surface area contributed by atoms with Gasteiger partial charge in [0, 0.05) is 24.5 Å². The van der Waals surface area contributed by atoms with Gasteiger partial charge >= 0.3 is 0 Å². The molecule has 3 heterocycles. The molecule has 0 bridgehead atoms. The first kappa shape index (κ1) is 21.2. The van der Waals surface area contributed by atoms with Crippen LogP contribution in [0.3, 0.4) is 0 Å². The van der Waals surface area contributed by atoms with Crippen LogP contribution in [0, 0.1) is 11.8 Å². The third-order valence-electron chi connectivity index (χ3n) is 8.01. The number of hydrogen-bond acceptors (Lipinski definition) is 5. The highest BCUT2D eigenvalue weighted by atomic mass is 35.5. The molecule has 5 rings (SSSR count). The van der Waals surface area contributed by atoms with Gasteiger partial charge in [0.1, 0.15) is 6.17 Å². The summed E-state index contributed by atoms with van der Waals surface area (Å²) in [6.07, 6.45) is 11.6. The molecule has 0 amide bonds. The molecule has 7 heteroatoms. The van der Waals surface area contributed by atoms with Crippen LogP contribution in [0.4, 0.5) is 4.39 Å². The summed E-state index contributed by atoms with van der Waals surface area (Å²) in [5.74, 6) is 1.66. The average molecular weight is 439 g/mol. The molecule has 9 unspecified atom stereocenters. The fraction of sp³-hybridized carbons (Fsp3) is 0.826. The molecule has 2 saturated carbocycles. The van der Waals surface area contributed by atoms with Crippen LogP contribution in [0.5, 0.6) is 0 Å². The van der Waals surface area contributed by atoms with Gasteiger partial charge in [-0.2, -0.15) is 0 Å². The van der Waals surface area contributed by atoms with Crippen molar-refractivity contribution >= 4 is 11.6 Å². The summed E-state index contributed by atoms with van der Waals surface area (Å²) in [7, 11) is 0. The minimum Gasteiger partial charge on any atom is -0.472 e. The zero-order valence-electron chi connectivity index (χ0n) is 17.7. The molecule has 1 aromatic rings. The predicted octanol–water partition coefficient (Wildman–Crippen LogP) is 3.46. The van der Waals surface area contributed by atoms with E-state index in [1.807, 2.05) is 6.26 Å². The molecule has 2 saturated heterocycles. The van der Waals surface area contributed by atoms with E-state index in [0.717, 1.165) is 25.9 Å². The lowest BCUT2D eigenvalue weighted by Crippen LogP contribution is -2.71. The number of halogens is 2. The topological polar surface area (TPSA) is 61.3 Å². The summed E-state index contributed by atoms with van der Waals surface area (Å²) in [5, 5.41) is 15.0. The lowest BCUT2D eigenvalue weighted by molar-refractivity contribution is 0.0534. The molecule has 4 fully saturated rings. The van der Waals surface area contributed by atoms with Crippen molar-refractivity contribution in [3.05, 3.63) is 24.2 Å². The first-order valence-corrected chi connectivity index (χ1v) is 12.4. The van der Waals surface area contributed by atoms with E-state index in [4.69, 9.17) is 16.0 Å². The molecule has 1 aromatic heterocycles. The number of nitrogens with one attached hydrogen (secondary N) is 4. The molecular weight excluding hydrogens is 403 g/mol. The Morgan fingerprint density at radius 1 is 1.10 bits per heavy atom. The van der Waals surface area contributed by atoms with E-state index < -0.39 is 6.17 Å². The van der Waals surface area contributed by atoms with Crippen LogP contribution in [0.2, 0.25) is 0 Å². The second-order valence-electron chi connectivity index (χ2n) is 9.94. The van der Waals surface area contributed by atoms with Crippen molar-refractivity contribution in [1.82, 2.24) is 21.3 Å². The fourth-order valence-corrected chi connectivity index (χ4v) is 6.62. The molecule has 5 nitrogen and oxygen atoms in total. The Bertz CT molecular complexity index is 668. The minimum atomic E-state index is -0.861. The smallest absolute Gasteiger partial charge is 0.117 e. The van der Waals surface area contributed by atoms with E-state index in [0.29, 0.717) is 42.8 Å². The van der Waals surface area contributed by atoms with Gasteiger partial charge in [-0.25, -0.2) is 4.39 Å². The normalized spacial score (nSPS) is 45.1. The van der Waals surface area contributed by atoms with E-state index in [-0.39, 0.29) is 17.6 Å². The van der Waals surface area contributed by atoms with Gasteiger partial charge in [0.2, 0.25) is 0 Å². The van der Waals surface area contributed by atoms with Crippen molar-refractivity contribution in [2.24, 2.45) is 11.8 Å². The molecule has 2 aliphatic heterocycles. The van der Waals surface area contributed by atoms with E-state index in [9.17, 15) is 4.39 Å². The molecule has 0 spiro atoms. The maximum atomic E-state index is 13.9. The summed E-state index contributed by atoms with van der Waals surface area (Å²) in [5.41, 5.74) is 1.32. The maximum Gasteiger partial charge on any atom is 0.117 e. The van der Waals surface area contributed by atoms with Crippen molar-refractivity contribution in [1.29, 1.82) is 0 Å². The van der Waals surface area contributed by atoms with Gasteiger partial charge in [-0.3, -0.25) is 16.0 Å². The number of alkyl halides is 2. The van der Waals surface area contributed by atoms with E-state index >= 15 is 0 Å². The Labute approximate surface area is 184 Å². The molecule has 168 valence electrons. The van der Waals surface area contributed by atoms with Crippen LogP contribution in [-0.2, 0) is 0 Å². The summed E-state index contributed by atoms with van der Waals surface area (Å²) in [6.45, 7) is 2.20. The van der Waals surface area contributed by atoms with Gasteiger partial charge in [-0.15, -0.1) is 11.6 Å². The zero-order valence-corrected chi connectivity index (χ0v) is 18.4. The van der Waals surface area contributed by atoms with E-state index in [1.165, 1.54) is 31.2 Å². The van der Waals surface area contributed by atoms with Crippen LogP contribution in [0.15, 0.2) is 23.0 Å². The lowest BCUT2D eigenvalue weighted by atomic mass is 9.72. The molecule has 9 atom stereocenters. The first-order chi connectivity index (χ1) is 14.7. The fourth-order valence-electron chi connectivity index (χ4n) is 6.28. The Hall–Kier alpha value is -0.660. The minimum absolute atomic E-state index is 0.239. The van der Waals surface area contributed by atoms with E-state index in [2.05, 4.69) is 27.3 Å². The van der Waals surface area contributed by atoms with Gasteiger partial charge in [-0.1, -0.05) is 0 Å². The summed E-state index contributed by atoms with van der Waals surface area (Å²) >= 11 is 6.29. The lowest BCUT2D eigenvalue weighted by Gasteiger charge is -2.51. The molecule has 4 N–H and O–H groups in total. The average Bonchev–Trinajstić information content (AvgIpc) is 3.31. The van der Waals surface area contributed by atoms with Crippen LogP contribution < -0.4 is 21.3 Å². The molecule has 2 aliphatic carbocycles. The maximum absolute atomic E-state index is 13.9. The quantitative estimate of drug-likeness (QED) is 0.542. The SMILES string of the molecule is FC1CCC(NC2NC(C3CCCNC3)NC3CCC(c4ccoc4)CC32)CC1Cl. The third kappa shape index (κ3) is 4.58. The first-order valence-electron chi connectivity index (χ1n) is 12.0. The molecule has 0 radical (unpaired) electrons. The van der Waals surface area contributed by atoms with Crippen LogP contribution in [0.25, 0.3) is 0 Å². The number of hydrogen-bond donors (Lipinski definition) is 4. The van der Waals surface area contributed by atoms with Crippen molar-refractivity contribution in [2.75, 3.05) is 13.1 Å². The van der Waals surface area contributed by atoms with Gasteiger partial charge in [0.15, 0.2) is 0 Å². The largest absolute Gasteiger partial charge is 0.472 e. The predicted molar refractivity (Wildman–Crippen MR) is 117 cm³/mol. The van der Waals surface area contributed by atoms with E-state index in [1.54, 1.807) is 6.26 Å². The summed E-state index contributed by atoms with van der Waals surface area (Å²) in [6, 6.07) is 2.92. The summed E-state index contributed by atoms with van der Waals surface area (Å²) in [4.78, 5) is 0.